The van der Waals surface area contributed by atoms with Gasteiger partial charge < -0.3 is 14.8 Å². The lowest BCUT2D eigenvalue weighted by Gasteiger charge is -2.26. The normalized spacial score (nSPS) is 22.5. The van der Waals surface area contributed by atoms with Gasteiger partial charge in [0.25, 0.3) is 0 Å². The average molecular weight is 265 g/mol. The van der Waals surface area contributed by atoms with Crippen molar-refractivity contribution in [3.05, 3.63) is 23.0 Å². The molecule has 19 heavy (non-hydrogen) atoms. The summed E-state index contributed by atoms with van der Waals surface area (Å²) in [6.07, 6.45) is 3.70. The Hall–Kier alpha value is -1.78. The van der Waals surface area contributed by atoms with E-state index in [2.05, 4.69) is 5.32 Å². The quantitative estimate of drug-likeness (QED) is 0.781. The molecule has 1 heterocycles. The lowest BCUT2D eigenvalue weighted by molar-refractivity contribution is -0.139. The van der Waals surface area contributed by atoms with Crippen LogP contribution in [0.4, 0.5) is 0 Å². The molecule has 104 valence electrons. The number of hydrogen-bond donors (Lipinski definition) is 1. The summed E-state index contributed by atoms with van der Waals surface area (Å²) in [7, 11) is 1.36. The number of hydrogen-bond acceptors (Lipinski definition) is 5. The number of carbonyl (C=O) groups excluding carboxylic acids is 2. The van der Waals surface area contributed by atoms with Gasteiger partial charge in [0, 0.05) is 17.8 Å². The van der Waals surface area contributed by atoms with E-state index in [1.165, 1.54) is 7.11 Å². The minimum Gasteiger partial charge on any atom is -0.466 e. The third-order valence-electron chi connectivity index (χ3n) is 3.50. The predicted molar refractivity (Wildman–Crippen MR) is 68.8 cm³/mol. The first-order chi connectivity index (χ1) is 9.10. The van der Waals surface area contributed by atoms with Crippen LogP contribution in [-0.2, 0) is 19.1 Å². The highest BCUT2D eigenvalue weighted by Crippen LogP contribution is 2.46. The molecule has 0 amide bonds. The maximum atomic E-state index is 12.0. The van der Waals surface area contributed by atoms with E-state index in [9.17, 15) is 9.59 Å². The first-order valence-corrected chi connectivity index (χ1v) is 6.53. The molecule has 0 bridgehead atoms. The molecule has 2 aliphatic rings. The molecule has 0 radical (unpaired) electrons. The number of rotatable bonds is 4. The van der Waals surface area contributed by atoms with E-state index in [-0.39, 0.29) is 17.9 Å². The van der Waals surface area contributed by atoms with Crippen LogP contribution in [0.3, 0.4) is 0 Å². The number of esters is 2. The SMILES string of the molecule is CCOC(=O)C1=CNC(C)=C(C(=O)OC)C1C1CC1. The molecule has 0 spiro atoms. The molecule has 0 aromatic rings. The van der Waals surface area contributed by atoms with Gasteiger partial charge in [0.15, 0.2) is 0 Å². The van der Waals surface area contributed by atoms with Crippen LogP contribution in [-0.4, -0.2) is 25.7 Å². The van der Waals surface area contributed by atoms with E-state index in [0.29, 0.717) is 23.7 Å². The molecule has 5 nitrogen and oxygen atoms in total. The third-order valence-corrected chi connectivity index (χ3v) is 3.50. The molecule has 1 saturated carbocycles. The topological polar surface area (TPSA) is 64.6 Å². The summed E-state index contributed by atoms with van der Waals surface area (Å²) in [5, 5.41) is 2.97. The van der Waals surface area contributed by atoms with Crippen molar-refractivity contribution < 1.29 is 19.1 Å². The van der Waals surface area contributed by atoms with Gasteiger partial charge in [-0.3, -0.25) is 0 Å². The number of nitrogens with one attached hydrogen (secondary N) is 1. The molecule has 1 unspecified atom stereocenters. The van der Waals surface area contributed by atoms with E-state index < -0.39 is 0 Å². The van der Waals surface area contributed by atoms with Crippen molar-refractivity contribution in [2.75, 3.05) is 13.7 Å². The van der Waals surface area contributed by atoms with Gasteiger partial charge in [0.1, 0.15) is 0 Å². The number of dihydropyridines is 1. The maximum Gasteiger partial charge on any atom is 0.336 e. The van der Waals surface area contributed by atoms with E-state index >= 15 is 0 Å². The van der Waals surface area contributed by atoms with Crippen LogP contribution in [0.1, 0.15) is 26.7 Å². The Labute approximate surface area is 112 Å². The van der Waals surface area contributed by atoms with Gasteiger partial charge >= 0.3 is 11.9 Å². The van der Waals surface area contributed by atoms with Crippen molar-refractivity contribution >= 4 is 11.9 Å². The van der Waals surface area contributed by atoms with E-state index in [0.717, 1.165) is 18.5 Å². The van der Waals surface area contributed by atoms with Crippen molar-refractivity contribution in [2.24, 2.45) is 11.8 Å². The third kappa shape index (κ3) is 2.64. The number of carbonyl (C=O) groups is 2. The Bertz CT molecular complexity index is 460. The summed E-state index contributed by atoms with van der Waals surface area (Å²) >= 11 is 0. The van der Waals surface area contributed by atoms with Crippen molar-refractivity contribution in [3.63, 3.8) is 0 Å². The number of allylic oxidation sites excluding steroid dienone is 1. The largest absolute Gasteiger partial charge is 0.466 e. The molecule has 0 aromatic heterocycles. The second-order valence-electron chi connectivity index (χ2n) is 4.81. The first kappa shape index (κ1) is 13.6. The van der Waals surface area contributed by atoms with Crippen molar-refractivity contribution in [2.45, 2.75) is 26.7 Å². The molecule has 1 N–H and O–H groups in total. The summed E-state index contributed by atoms with van der Waals surface area (Å²) in [4.78, 5) is 23.9. The van der Waals surface area contributed by atoms with E-state index in [4.69, 9.17) is 9.47 Å². The molecule has 5 heteroatoms. The van der Waals surface area contributed by atoms with Crippen LogP contribution in [0.25, 0.3) is 0 Å². The molecule has 0 aromatic carbocycles. The van der Waals surface area contributed by atoms with Gasteiger partial charge in [0.05, 0.1) is 24.9 Å². The molecule has 1 aliphatic carbocycles. The zero-order valence-electron chi connectivity index (χ0n) is 11.5. The fourth-order valence-corrected chi connectivity index (χ4v) is 2.45. The Morgan fingerprint density at radius 3 is 2.58 bits per heavy atom. The number of ether oxygens (including phenoxy) is 2. The van der Waals surface area contributed by atoms with Crippen LogP contribution in [0.15, 0.2) is 23.0 Å². The molecular weight excluding hydrogens is 246 g/mol. The molecule has 1 fully saturated rings. The van der Waals surface area contributed by atoms with Gasteiger partial charge in [-0.1, -0.05) is 0 Å². The van der Waals surface area contributed by atoms with Crippen LogP contribution in [0.2, 0.25) is 0 Å². The fourth-order valence-electron chi connectivity index (χ4n) is 2.45. The Balaban J connectivity index is 2.32. The minimum atomic E-state index is -0.378. The smallest absolute Gasteiger partial charge is 0.336 e. The Morgan fingerprint density at radius 2 is 2.05 bits per heavy atom. The van der Waals surface area contributed by atoms with Gasteiger partial charge in [0.2, 0.25) is 0 Å². The summed E-state index contributed by atoms with van der Waals surface area (Å²) in [6.45, 7) is 3.91. The zero-order chi connectivity index (χ0) is 14.0. The predicted octanol–water partition coefficient (Wildman–Crippen LogP) is 1.51. The van der Waals surface area contributed by atoms with Gasteiger partial charge in [-0.05, 0) is 32.6 Å². The van der Waals surface area contributed by atoms with Gasteiger partial charge in [-0.2, -0.15) is 0 Å². The molecule has 0 saturated heterocycles. The summed E-state index contributed by atoms with van der Waals surface area (Å²) < 4.78 is 9.90. The number of methoxy groups -OCH3 is 1. The van der Waals surface area contributed by atoms with Gasteiger partial charge in [-0.25, -0.2) is 9.59 Å². The summed E-state index contributed by atoms with van der Waals surface area (Å²) in [5.74, 6) is -0.604. The monoisotopic (exact) mass is 265 g/mol. The molecular formula is C14H19NO4. The summed E-state index contributed by atoms with van der Waals surface area (Å²) in [5.41, 5.74) is 1.82. The molecule has 1 aliphatic heterocycles. The van der Waals surface area contributed by atoms with E-state index in [1.54, 1.807) is 13.1 Å². The highest BCUT2D eigenvalue weighted by atomic mass is 16.5. The van der Waals surface area contributed by atoms with Crippen LogP contribution in [0.5, 0.6) is 0 Å². The Morgan fingerprint density at radius 1 is 1.37 bits per heavy atom. The lowest BCUT2D eigenvalue weighted by Crippen LogP contribution is -2.31. The standard InChI is InChI=1S/C14H19NO4/c1-4-19-13(16)10-7-15-8(2)11(14(17)18-3)12(10)9-5-6-9/h7,9,12,15H,4-6H2,1-3H3. The fraction of sp³-hybridized carbons (Fsp3) is 0.571. The van der Waals surface area contributed by atoms with Crippen LogP contribution >= 0.6 is 0 Å². The zero-order valence-corrected chi connectivity index (χ0v) is 11.5. The first-order valence-electron chi connectivity index (χ1n) is 6.53. The van der Waals surface area contributed by atoms with Crippen LogP contribution < -0.4 is 5.32 Å². The molecule has 2 rings (SSSR count). The molecule has 1 atom stereocenters. The van der Waals surface area contributed by atoms with Crippen LogP contribution in [0, 0.1) is 11.8 Å². The Kier molecular flexibility index (Phi) is 3.93. The van der Waals surface area contributed by atoms with Crippen molar-refractivity contribution in [1.29, 1.82) is 0 Å². The average Bonchev–Trinajstić information content (AvgIpc) is 3.21. The van der Waals surface area contributed by atoms with E-state index in [1.807, 2.05) is 6.92 Å². The minimum absolute atomic E-state index is 0.201. The highest BCUT2D eigenvalue weighted by molar-refractivity contribution is 5.97. The van der Waals surface area contributed by atoms with Crippen molar-refractivity contribution in [3.8, 4) is 0 Å². The summed E-state index contributed by atoms with van der Waals surface area (Å²) in [6, 6.07) is 0. The second kappa shape index (κ2) is 5.47. The highest BCUT2D eigenvalue weighted by Gasteiger charge is 2.43. The lowest BCUT2D eigenvalue weighted by atomic mass is 9.84. The second-order valence-corrected chi connectivity index (χ2v) is 4.81. The van der Waals surface area contributed by atoms with Crippen molar-refractivity contribution in [1.82, 2.24) is 5.32 Å². The maximum absolute atomic E-state index is 12.0. The van der Waals surface area contributed by atoms with Gasteiger partial charge in [-0.15, -0.1) is 0 Å².